The van der Waals surface area contributed by atoms with Crippen molar-refractivity contribution in [2.75, 3.05) is 33.3 Å². The van der Waals surface area contributed by atoms with Crippen LogP contribution in [0.3, 0.4) is 0 Å². The Bertz CT molecular complexity index is 482. The molecule has 1 saturated heterocycles. The molecule has 1 fully saturated rings. The first-order valence-corrected chi connectivity index (χ1v) is 7.45. The van der Waals surface area contributed by atoms with E-state index in [4.69, 9.17) is 10.5 Å². The minimum atomic E-state index is -0.410. The summed E-state index contributed by atoms with van der Waals surface area (Å²) in [5.74, 6) is 0.925. The van der Waals surface area contributed by atoms with Crippen LogP contribution in [0.25, 0.3) is 0 Å². The van der Waals surface area contributed by atoms with E-state index in [0.29, 0.717) is 6.04 Å². The second-order valence-corrected chi connectivity index (χ2v) is 5.60. The lowest BCUT2D eigenvalue weighted by Gasteiger charge is -2.38. The summed E-state index contributed by atoms with van der Waals surface area (Å²) in [5, 5.41) is 0. The molecule has 5 heteroatoms. The zero-order valence-corrected chi connectivity index (χ0v) is 13.1. The molecule has 2 unspecified atom stereocenters. The third-order valence-corrected chi connectivity index (χ3v) is 4.14. The van der Waals surface area contributed by atoms with E-state index in [0.717, 1.165) is 31.9 Å². The molecule has 0 aromatic heterocycles. The summed E-state index contributed by atoms with van der Waals surface area (Å²) >= 11 is 0. The molecule has 116 valence electrons. The molecule has 1 heterocycles. The quantitative estimate of drug-likeness (QED) is 0.907. The SMILES string of the molecule is COc1cccc(C(C)N2CCN(C(=O)C(C)N)CC2)c1. The Hall–Kier alpha value is -1.59. The van der Waals surface area contributed by atoms with E-state index in [1.807, 2.05) is 17.0 Å². The van der Waals surface area contributed by atoms with Crippen LogP contribution < -0.4 is 10.5 Å². The fourth-order valence-electron chi connectivity index (χ4n) is 2.73. The average Bonchev–Trinajstić information content (AvgIpc) is 2.53. The second kappa shape index (κ2) is 6.91. The molecule has 0 saturated carbocycles. The molecule has 5 nitrogen and oxygen atoms in total. The fraction of sp³-hybridized carbons (Fsp3) is 0.562. The van der Waals surface area contributed by atoms with Crippen LogP contribution in [-0.4, -0.2) is 55.0 Å². The molecular formula is C16H25N3O2. The third kappa shape index (κ3) is 3.74. The van der Waals surface area contributed by atoms with E-state index < -0.39 is 6.04 Å². The molecule has 21 heavy (non-hydrogen) atoms. The van der Waals surface area contributed by atoms with Crippen LogP contribution in [0.4, 0.5) is 0 Å². The molecule has 1 aliphatic heterocycles. The second-order valence-electron chi connectivity index (χ2n) is 5.60. The van der Waals surface area contributed by atoms with E-state index in [2.05, 4.69) is 24.0 Å². The van der Waals surface area contributed by atoms with E-state index >= 15 is 0 Å². The average molecular weight is 291 g/mol. The summed E-state index contributed by atoms with van der Waals surface area (Å²) in [6.07, 6.45) is 0. The van der Waals surface area contributed by atoms with E-state index in [1.54, 1.807) is 14.0 Å². The van der Waals surface area contributed by atoms with Gasteiger partial charge in [0.2, 0.25) is 5.91 Å². The van der Waals surface area contributed by atoms with Crippen LogP contribution in [0, 0.1) is 0 Å². The van der Waals surface area contributed by atoms with Gasteiger partial charge < -0.3 is 15.4 Å². The molecule has 2 rings (SSSR count). The number of rotatable bonds is 4. The number of piperazine rings is 1. The molecule has 1 aliphatic rings. The van der Waals surface area contributed by atoms with Gasteiger partial charge in [0, 0.05) is 32.2 Å². The number of nitrogens with zero attached hydrogens (tertiary/aromatic N) is 2. The number of nitrogens with two attached hydrogens (primary N) is 1. The van der Waals surface area contributed by atoms with E-state index in [9.17, 15) is 4.79 Å². The summed E-state index contributed by atoms with van der Waals surface area (Å²) in [5.41, 5.74) is 6.90. The highest BCUT2D eigenvalue weighted by Crippen LogP contribution is 2.24. The first-order valence-electron chi connectivity index (χ1n) is 7.45. The fourth-order valence-corrected chi connectivity index (χ4v) is 2.73. The number of benzene rings is 1. The Morgan fingerprint density at radius 1 is 1.24 bits per heavy atom. The lowest BCUT2D eigenvalue weighted by Crippen LogP contribution is -2.52. The van der Waals surface area contributed by atoms with Gasteiger partial charge in [0.15, 0.2) is 0 Å². The maximum Gasteiger partial charge on any atom is 0.239 e. The first kappa shape index (κ1) is 15.8. The van der Waals surface area contributed by atoms with Crippen molar-refractivity contribution in [2.45, 2.75) is 25.9 Å². The van der Waals surface area contributed by atoms with Gasteiger partial charge in [0.25, 0.3) is 0 Å². The third-order valence-electron chi connectivity index (χ3n) is 4.14. The van der Waals surface area contributed by atoms with E-state index in [1.165, 1.54) is 5.56 Å². The van der Waals surface area contributed by atoms with Crippen molar-refractivity contribution < 1.29 is 9.53 Å². The van der Waals surface area contributed by atoms with Gasteiger partial charge in [-0.15, -0.1) is 0 Å². The van der Waals surface area contributed by atoms with Crippen LogP contribution in [0.2, 0.25) is 0 Å². The molecule has 0 radical (unpaired) electrons. The molecule has 2 N–H and O–H groups in total. The normalized spacial score (nSPS) is 19.1. The lowest BCUT2D eigenvalue weighted by molar-refractivity contribution is -0.134. The molecule has 0 aliphatic carbocycles. The Morgan fingerprint density at radius 3 is 2.48 bits per heavy atom. The zero-order chi connectivity index (χ0) is 15.4. The van der Waals surface area contributed by atoms with Gasteiger partial charge >= 0.3 is 0 Å². The van der Waals surface area contributed by atoms with Crippen LogP contribution >= 0.6 is 0 Å². The van der Waals surface area contributed by atoms with Crippen molar-refractivity contribution in [1.82, 2.24) is 9.80 Å². The lowest BCUT2D eigenvalue weighted by atomic mass is 10.1. The van der Waals surface area contributed by atoms with Gasteiger partial charge in [-0.05, 0) is 31.5 Å². The predicted molar refractivity (Wildman–Crippen MR) is 83.2 cm³/mol. The molecule has 0 bridgehead atoms. The van der Waals surface area contributed by atoms with Crippen molar-refractivity contribution in [3.63, 3.8) is 0 Å². The highest BCUT2D eigenvalue weighted by atomic mass is 16.5. The summed E-state index contributed by atoms with van der Waals surface area (Å²) in [7, 11) is 1.68. The standard InChI is InChI=1S/C16H25N3O2/c1-12(17)16(20)19-9-7-18(8-10-19)13(2)14-5-4-6-15(11-14)21-3/h4-6,11-13H,7-10,17H2,1-3H3. The first-order chi connectivity index (χ1) is 10.0. The molecule has 1 aromatic rings. The van der Waals surface area contributed by atoms with Gasteiger partial charge in [-0.1, -0.05) is 12.1 Å². The minimum absolute atomic E-state index is 0.0451. The molecular weight excluding hydrogens is 266 g/mol. The van der Waals surface area contributed by atoms with Crippen molar-refractivity contribution in [3.8, 4) is 5.75 Å². The van der Waals surface area contributed by atoms with Crippen molar-refractivity contribution >= 4 is 5.91 Å². The number of hydrogen-bond acceptors (Lipinski definition) is 4. The van der Waals surface area contributed by atoms with Crippen LogP contribution in [0.15, 0.2) is 24.3 Å². The minimum Gasteiger partial charge on any atom is -0.497 e. The van der Waals surface area contributed by atoms with Gasteiger partial charge in [0.1, 0.15) is 5.75 Å². The number of carbonyl (C=O) groups is 1. The van der Waals surface area contributed by atoms with Gasteiger partial charge in [-0.2, -0.15) is 0 Å². The molecule has 1 aromatic carbocycles. The van der Waals surface area contributed by atoms with Crippen molar-refractivity contribution in [3.05, 3.63) is 29.8 Å². The Kier molecular flexibility index (Phi) is 5.20. The highest BCUT2D eigenvalue weighted by Gasteiger charge is 2.26. The Balaban J connectivity index is 1.96. The van der Waals surface area contributed by atoms with E-state index in [-0.39, 0.29) is 5.91 Å². The van der Waals surface area contributed by atoms with Crippen LogP contribution in [0.5, 0.6) is 5.75 Å². The van der Waals surface area contributed by atoms with Gasteiger partial charge in [-0.25, -0.2) is 0 Å². The largest absolute Gasteiger partial charge is 0.497 e. The zero-order valence-electron chi connectivity index (χ0n) is 13.1. The Morgan fingerprint density at radius 2 is 1.90 bits per heavy atom. The maximum atomic E-state index is 11.9. The van der Waals surface area contributed by atoms with Crippen molar-refractivity contribution in [2.24, 2.45) is 5.73 Å². The molecule has 2 atom stereocenters. The topological polar surface area (TPSA) is 58.8 Å². The summed E-state index contributed by atoms with van der Waals surface area (Å²) in [4.78, 5) is 16.1. The molecule has 0 spiro atoms. The predicted octanol–water partition coefficient (Wildman–Crippen LogP) is 1.25. The molecule has 1 amide bonds. The summed E-state index contributed by atoms with van der Waals surface area (Å²) < 4.78 is 5.28. The summed E-state index contributed by atoms with van der Waals surface area (Å²) in [6.45, 7) is 7.17. The monoisotopic (exact) mass is 291 g/mol. The van der Waals surface area contributed by atoms with Crippen molar-refractivity contribution in [1.29, 1.82) is 0 Å². The number of methoxy groups -OCH3 is 1. The van der Waals surface area contributed by atoms with Crippen LogP contribution in [-0.2, 0) is 4.79 Å². The smallest absolute Gasteiger partial charge is 0.239 e. The van der Waals surface area contributed by atoms with Crippen LogP contribution in [0.1, 0.15) is 25.5 Å². The van der Waals surface area contributed by atoms with Gasteiger partial charge in [0.05, 0.1) is 13.2 Å². The maximum absolute atomic E-state index is 11.9. The number of carbonyl (C=O) groups excluding carboxylic acids is 1. The number of amides is 1. The highest BCUT2D eigenvalue weighted by molar-refractivity contribution is 5.81. The van der Waals surface area contributed by atoms with Gasteiger partial charge in [-0.3, -0.25) is 9.69 Å². The summed E-state index contributed by atoms with van der Waals surface area (Å²) in [6, 6.07) is 8.06. The number of ether oxygens (including phenoxy) is 1. The number of hydrogen-bond donors (Lipinski definition) is 1. The Labute approximate surface area is 126 Å².